The van der Waals surface area contributed by atoms with Crippen molar-refractivity contribution in [3.05, 3.63) is 36.5 Å². The number of hydrogen-bond donors (Lipinski definition) is 0. The number of unbranched alkanes of at least 4 members (excludes halogenated alkanes) is 45. The molecule has 0 heterocycles. The van der Waals surface area contributed by atoms with Crippen LogP contribution in [0.1, 0.15) is 367 Å². The molecule has 0 aromatic rings. The Labute approximate surface area is 467 Å². The highest BCUT2D eigenvalue weighted by Crippen LogP contribution is 2.18. The molecular formula is C69H128O6. The van der Waals surface area contributed by atoms with E-state index in [-0.39, 0.29) is 31.1 Å². The van der Waals surface area contributed by atoms with Crippen molar-refractivity contribution in [2.45, 2.75) is 374 Å². The first-order valence-corrected chi connectivity index (χ1v) is 33.5. The molecular weight excluding hydrogens is 925 g/mol. The van der Waals surface area contributed by atoms with Crippen molar-refractivity contribution < 1.29 is 28.6 Å². The molecule has 0 radical (unpaired) electrons. The maximum Gasteiger partial charge on any atom is 0.306 e. The molecule has 0 spiro atoms. The summed E-state index contributed by atoms with van der Waals surface area (Å²) in [5.41, 5.74) is 0. The molecule has 0 aliphatic carbocycles. The topological polar surface area (TPSA) is 78.9 Å². The summed E-state index contributed by atoms with van der Waals surface area (Å²) in [5.74, 6) is -0.858. The van der Waals surface area contributed by atoms with Gasteiger partial charge in [-0.1, -0.05) is 308 Å². The van der Waals surface area contributed by atoms with Crippen LogP contribution in [0.5, 0.6) is 0 Å². The van der Waals surface area contributed by atoms with Crippen LogP contribution in [-0.2, 0) is 28.6 Å². The third-order valence-electron chi connectivity index (χ3n) is 15.1. The van der Waals surface area contributed by atoms with Crippen molar-refractivity contribution in [2.24, 2.45) is 0 Å². The zero-order chi connectivity index (χ0) is 54.3. The second-order valence-electron chi connectivity index (χ2n) is 22.7. The summed E-state index contributed by atoms with van der Waals surface area (Å²) in [6, 6.07) is 0. The number of hydrogen-bond acceptors (Lipinski definition) is 6. The fourth-order valence-corrected chi connectivity index (χ4v) is 10.1. The van der Waals surface area contributed by atoms with Crippen molar-refractivity contribution in [2.75, 3.05) is 13.2 Å². The molecule has 0 aliphatic rings. The molecule has 0 N–H and O–H groups in total. The summed E-state index contributed by atoms with van der Waals surface area (Å²) >= 11 is 0. The Hall–Kier alpha value is -2.37. The van der Waals surface area contributed by atoms with Gasteiger partial charge in [0.05, 0.1) is 0 Å². The number of carbonyl (C=O) groups is 3. The van der Waals surface area contributed by atoms with Gasteiger partial charge in [-0.25, -0.2) is 0 Å². The minimum atomic E-state index is -0.776. The van der Waals surface area contributed by atoms with Crippen LogP contribution in [0.3, 0.4) is 0 Å². The Morgan fingerprint density at radius 3 is 0.747 bits per heavy atom. The van der Waals surface area contributed by atoms with E-state index in [1.54, 1.807) is 0 Å². The minimum absolute atomic E-state index is 0.0728. The predicted octanol–water partition coefficient (Wildman–Crippen LogP) is 22.8. The lowest BCUT2D eigenvalue weighted by Crippen LogP contribution is -2.30. The van der Waals surface area contributed by atoms with Crippen molar-refractivity contribution in [1.82, 2.24) is 0 Å². The minimum Gasteiger partial charge on any atom is -0.462 e. The van der Waals surface area contributed by atoms with Gasteiger partial charge in [0.2, 0.25) is 0 Å². The number of ether oxygens (including phenoxy) is 3. The van der Waals surface area contributed by atoms with E-state index >= 15 is 0 Å². The van der Waals surface area contributed by atoms with Gasteiger partial charge in [0, 0.05) is 19.3 Å². The van der Waals surface area contributed by atoms with Crippen LogP contribution in [0.4, 0.5) is 0 Å². The molecule has 6 heteroatoms. The van der Waals surface area contributed by atoms with Gasteiger partial charge in [-0.15, -0.1) is 0 Å². The average molecular weight is 1050 g/mol. The highest BCUT2D eigenvalue weighted by molar-refractivity contribution is 5.71. The first kappa shape index (κ1) is 72.6. The van der Waals surface area contributed by atoms with Gasteiger partial charge in [-0.2, -0.15) is 0 Å². The number of carbonyl (C=O) groups excluding carboxylic acids is 3. The highest BCUT2D eigenvalue weighted by Gasteiger charge is 2.19. The molecule has 0 saturated heterocycles. The molecule has 0 aliphatic heterocycles. The summed E-state index contributed by atoms with van der Waals surface area (Å²) < 4.78 is 17.0. The fourth-order valence-electron chi connectivity index (χ4n) is 10.1. The van der Waals surface area contributed by atoms with Crippen molar-refractivity contribution in [3.8, 4) is 0 Å². The van der Waals surface area contributed by atoms with E-state index in [1.165, 1.54) is 257 Å². The molecule has 0 aromatic heterocycles. The smallest absolute Gasteiger partial charge is 0.306 e. The first-order valence-electron chi connectivity index (χ1n) is 33.5. The van der Waals surface area contributed by atoms with Gasteiger partial charge in [0.1, 0.15) is 13.2 Å². The standard InChI is InChI=1S/C69H128O6/c1-4-7-10-13-16-19-22-25-28-30-32-34-36-38-41-44-47-50-53-56-59-62-68(71)74-65-66(64-73-67(70)61-58-55-52-49-46-43-40-27-24-21-18-15-12-9-6-3)75-69(72)63-60-57-54-51-48-45-42-39-37-35-33-31-29-26-23-20-17-14-11-8-5-2/h22,25,27,30,32,40,66H,4-21,23-24,26,28-29,31,33-39,41-65H2,1-3H3/b25-22-,32-30-,40-27-. The summed E-state index contributed by atoms with van der Waals surface area (Å²) in [5, 5.41) is 0. The van der Waals surface area contributed by atoms with Crippen LogP contribution < -0.4 is 0 Å². The molecule has 0 fully saturated rings. The van der Waals surface area contributed by atoms with Crippen LogP contribution in [0.15, 0.2) is 36.5 Å². The molecule has 1 unspecified atom stereocenters. The van der Waals surface area contributed by atoms with Crippen molar-refractivity contribution in [3.63, 3.8) is 0 Å². The molecule has 1 atom stereocenters. The molecule has 0 amide bonds. The molecule has 75 heavy (non-hydrogen) atoms. The third-order valence-corrected chi connectivity index (χ3v) is 15.1. The van der Waals surface area contributed by atoms with E-state index in [9.17, 15) is 14.4 Å². The third kappa shape index (κ3) is 62.4. The van der Waals surface area contributed by atoms with Gasteiger partial charge < -0.3 is 14.2 Å². The summed E-state index contributed by atoms with van der Waals surface area (Å²) in [6.07, 6.45) is 78.7. The van der Waals surface area contributed by atoms with Crippen LogP contribution in [0.2, 0.25) is 0 Å². The normalized spacial score (nSPS) is 12.2. The van der Waals surface area contributed by atoms with Crippen LogP contribution in [-0.4, -0.2) is 37.2 Å². The number of esters is 3. The van der Waals surface area contributed by atoms with Gasteiger partial charge in [0.15, 0.2) is 6.10 Å². The summed E-state index contributed by atoms with van der Waals surface area (Å²) in [7, 11) is 0. The first-order chi connectivity index (χ1) is 37.0. The van der Waals surface area contributed by atoms with E-state index in [0.717, 1.165) is 70.6 Å². The Morgan fingerprint density at radius 2 is 0.480 bits per heavy atom. The lowest BCUT2D eigenvalue weighted by atomic mass is 10.0. The second-order valence-corrected chi connectivity index (χ2v) is 22.7. The molecule has 0 rings (SSSR count). The molecule has 0 bridgehead atoms. The quantitative estimate of drug-likeness (QED) is 0.0261. The maximum absolute atomic E-state index is 12.9. The molecule has 440 valence electrons. The SMILES string of the molecule is CCCCCCC/C=C\C/C=C\CCCCCCCCCCCC(=O)OCC(COC(=O)CCCCCCC/C=C\CCCCCCCC)OC(=O)CCCCCCCCCCCCCCCCCCCCCCC. The largest absolute Gasteiger partial charge is 0.462 e. The number of rotatable bonds is 62. The summed E-state index contributed by atoms with van der Waals surface area (Å²) in [4.78, 5) is 38.4. The second kappa shape index (κ2) is 64.2. The number of allylic oxidation sites excluding steroid dienone is 6. The fraction of sp³-hybridized carbons (Fsp3) is 0.870. The van der Waals surface area contributed by atoms with E-state index in [1.807, 2.05) is 0 Å². The highest BCUT2D eigenvalue weighted by atomic mass is 16.6. The van der Waals surface area contributed by atoms with E-state index in [2.05, 4.69) is 57.2 Å². The van der Waals surface area contributed by atoms with Gasteiger partial charge >= 0.3 is 17.9 Å². The molecule has 6 nitrogen and oxygen atoms in total. The van der Waals surface area contributed by atoms with E-state index < -0.39 is 6.10 Å². The Balaban J connectivity index is 4.31. The van der Waals surface area contributed by atoms with Gasteiger partial charge in [-0.05, 0) is 77.0 Å². The maximum atomic E-state index is 12.9. The Morgan fingerprint density at radius 1 is 0.267 bits per heavy atom. The molecule has 0 saturated carbocycles. The van der Waals surface area contributed by atoms with Crippen molar-refractivity contribution in [1.29, 1.82) is 0 Å². The lowest BCUT2D eigenvalue weighted by molar-refractivity contribution is -0.167. The monoisotopic (exact) mass is 1050 g/mol. The average Bonchev–Trinajstić information content (AvgIpc) is 3.41. The molecule has 0 aromatic carbocycles. The van der Waals surface area contributed by atoms with Crippen LogP contribution in [0.25, 0.3) is 0 Å². The zero-order valence-corrected chi connectivity index (χ0v) is 50.6. The van der Waals surface area contributed by atoms with Gasteiger partial charge in [-0.3, -0.25) is 14.4 Å². The Bertz CT molecular complexity index is 1250. The summed E-state index contributed by atoms with van der Waals surface area (Å²) in [6.45, 7) is 6.68. The zero-order valence-electron chi connectivity index (χ0n) is 50.6. The predicted molar refractivity (Wildman–Crippen MR) is 326 cm³/mol. The van der Waals surface area contributed by atoms with E-state index in [0.29, 0.717) is 19.3 Å². The Kier molecular flexibility index (Phi) is 62.1. The lowest BCUT2D eigenvalue weighted by Gasteiger charge is -2.18. The van der Waals surface area contributed by atoms with Crippen molar-refractivity contribution >= 4 is 17.9 Å². The van der Waals surface area contributed by atoms with Crippen LogP contribution in [0, 0.1) is 0 Å². The van der Waals surface area contributed by atoms with E-state index in [4.69, 9.17) is 14.2 Å². The van der Waals surface area contributed by atoms with Crippen LogP contribution >= 0.6 is 0 Å². The van der Waals surface area contributed by atoms with Gasteiger partial charge in [0.25, 0.3) is 0 Å².